The summed E-state index contributed by atoms with van der Waals surface area (Å²) in [5.41, 5.74) is 6.61. The predicted molar refractivity (Wildman–Crippen MR) is 301 cm³/mol. The van der Waals surface area contributed by atoms with Crippen molar-refractivity contribution < 1.29 is 0 Å². The minimum atomic E-state index is 0. The van der Waals surface area contributed by atoms with Gasteiger partial charge < -0.3 is 0 Å². The van der Waals surface area contributed by atoms with E-state index in [0.717, 1.165) is 82.9 Å². The number of fused-ring (bicyclic) bond motifs is 12. The Bertz CT molecular complexity index is 1450. The molecular weight excluding hydrogens is 793 g/mol. The van der Waals surface area contributed by atoms with E-state index in [-0.39, 0.29) is 37.1 Å². The maximum absolute atomic E-state index is 2.54. The lowest BCUT2D eigenvalue weighted by Crippen LogP contribution is -2.18. The van der Waals surface area contributed by atoms with E-state index in [4.69, 9.17) is 0 Å². The van der Waals surface area contributed by atoms with Crippen molar-refractivity contribution in [3.8, 4) is 0 Å². The second kappa shape index (κ2) is 31.1. The Balaban J connectivity index is 0.000000268. The first-order chi connectivity index (χ1) is 29.6. The predicted octanol–water partition coefficient (Wildman–Crippen LogP) is 22.4. The highest BCUT2D eigenvalue weighted by Crippen LogP contribution is 2.45. The zero-order valence-electron chi connectivity index (χ0n) is 41.5. The van der Waals surface area contributed by atoms with Crippen molar-refractivity contribution in [3.63, 3.8) is 0 Å². The van der Waals surface area contributed by atoms with Crippen LogP contribution in [0, 0.1) is 82.9 Å². The molecule has 12 aliphatic rings. The summed E-state index contributed by atoms with van der Waals surface area (Å²) in [6.07, 6.45) is 60.9. The van der Waals surface area contributed by atoms with E-state index in [1.165, 1.54) is 180 Å². The molecule has 0 aromatic heterocycles. The van der Waals surface area contributed by atoms with Crippen molar-refractivity contribution in [3.05, 3.63) is 58.7 Å². The third kappa shape index (κ3) is 20.6. The minimum Gasteiger partial charge on any atom is -0.0854 e. The van der Waals surface area contributed by atoms with E-state index in [1.807, 2.05) is 0 Å². The molecule has 0 nitrogen and oxygen atoms in total. The highest BCUT2D eigenvalue weighted by Gasteiger charge is 2.32. The molecule has 12 bridgehead atoms. The quantitative estimate of drug-likeness (QED) is 0.213. The van der Waals surface area contributed by atoms with Crippen LogP contribution in [0.25, 0.3) is 0 Å². The van der Waals surface area contributed by atoms with Crippen LogP contribution < -0.4 is 0 Å². The Kier molecular flexibility index (Phi) is 28.7. The second-order valence-electron chi connectivity index (χ2n) is 24.9. The van der Waals surface area contributed by atoms with Crippen molar-refractivity contribution in [2.45, 2.75) is 278 Å². The fourth-order valence-electron chi connectivity index (χ4n) is 15.9. The molecule has 0 aliphatic heterocycles. The van der Waals surface area contributed by atoms with Gasteiger partial charge in [0.15, 0.2) is 0 Å². The molecule has 0 saturated heterocycles. The zero-order valence-corrected chi connectivity index (χ0v) is 41.5. The van der Waals surface area contributed by atoms with Gasteiger partial charge in [-0.05, 0) is 239 Å². The molecule has 12 aliphatic carbocycles. The highest BCUT2D eigenvalue weighted by molar-refractivity contribution is 5.10. The second-order valence-corrected chi connectivity index (χ2v) is 24.9. The Hall–Kier alpha value is -1.30. The first-order valence-corrected chi connectivity index (χ1v) is 27.9. The monoisotopic (exact) mass is 913 g/mol. The third-order valence-electron chi connectivity index (χ3n) is 18.6. The lowest BCUT2D eigenvalue weighted by molar-refractivity contribution is 0.275. The van der Waals surface area contributed by atoms with Gasteiger partial charge in [0.1, 0.15) is 0 Å². The maximum Gasteiger partial charge on any atom is -0.0228 e. The van der Waals surface area contributed by atoms with Crippen LogP contribution in [0.3, 0.4) is 0 Å². The molecule has 0 radical (unpaired) electrons. The first kappa shape index (κ1) is 60.8. The van der Waals surface area contributed by atoms with Gasteiger partial charge >= 0.3 is 0 Å². The standard InChI is InChI=1S/3C11H18.C10H16.C9H16.C9H14.5CH4/c3*1-9-5-6-10-3-2-4-11(7-9)8-10;1-8-5-9-3-2-4-10(6-8)7-9;2*1-7-4-8-2-3-9(5-7)6-8;;;;;/h7,10-11H,2-6,8H2,1H3;5,10-11H,2-4,6-8H2,1H3;5-6,9-11H,2-4,7-8H2,1H3;5,9-10H,2-4,6-7H2,1H3;7-9H,2-6H2,1H3;4,8-9H,2-3,5-6H2,1H3;5*1H4. The van der Waals surface area contributed by atoms with Gasteiger partial charge in [-0.15, -0.1) is 0 Å². The van der Waals surface area contributed by atoms with Gasteiger partial charge in [0.25, 0.3) is 0 Å². The third-order valence-corrected chi connectivity index (χ3v) is 18.6. The van der Waals surface area contributed by atoms with Gasteiger partial charge in [-0.25, -0.2) is 0 Å². The van der Waals surface area contributed by atoms with E-state index in [1.54, 1.807) is 41.6 Å². The summed E-state index contributed by atoms with van der Waals surface area (Å²) in [4.78, 5) is 0. The summed E-state index contributed by atoms with van der Waals surface area (Å²) in [6.45, 7) is 14.0. The summed E-state index contributed by atoms with van der Waals surface area (Å²) >= 11 is 0. The van der Waals surface area contributed by atoms with Gasteiger partial charge in [-0.3, -0.25) is 0 Å². The molecule has 0 heterocycles. The molecule has 0 aromatic rings. The van der Waals surface area contributed by atoms with E-state index < -0.39 is 0 Å². The van der Waals surface area contributed by atoms with Crippen molar-refractivity contribution in [2.75, 3.05) is 0 Å². The topological polar surface area (TPSA) is 0 Å². The Morgan fingerprint density at radius 1 is 0.333 bits per heavy atom. The number of allylic oxidation sites excluding steroid dienone is 10. The van der Waals surface area contributed by atoms with Crippen LogP contribution in [0.4, 0.5) is 0 Å². The van der Waals surface area contributed by atoms with Crippen LogP contribution in [-0.2, 0) is 0 Å². The lowest BCUT2D eigenvalue weighted by Gasteiger charge is -2.32. The van der Waals surface area contributed by atoms with Crippen molar-refractivity contribution in [2.24, 2.45) is 82.9 Å². The maximum atomic E-state index is 2.54. The van der Waals surface area contributed by atoms with Gasteiger partial charge in [-0.1, -0.05) is 180 Å². The molecule has 7 fully saturated rings. The average Bonchev–Trinajstić information content (AvgIpc) is 3.64. The van der Waals surface area contributed by atoms with Gasteiger partial charge in [0.2, 0.25) is 0 Å². The molecule has 0 N–H and O–H groups in total. The highest BCUT2D eigenvalue weighted by atomic mass is 14.4. The molecule has 0 amide bonds. The smallest absolute Gasteiger partial charge is 0.0228 e. The molecule has 13 atom stereocenters. The summed E-state index contributed by atoms with van der Waals surface area (Å²) in [7, 11) is 0. The van der Waals surface area contributed by atoms with E-state index in [2.05, 4.69) is 78.0 Å². The van der Waals surface area contributed by atoms with E-state index >= 15 is 0 Å². The van der Waals surface area contributed by atoms with Crippen LogP contribution in [0.1, 0.15) is 278 Å². The summed E-state index contributed by atoms with van der Waals surface area (Å²) in [6, 6.07) is 0. The summed E-state index contributed by atoms with van der Waals surface area (Å²) in [5, 5.41) is 0. The molecule has 13 unspecified atom stereocenters. The lowest BCUT2D eigenvalue weighted by atomic mass is 9.74. The molecular formula is C66H120. The van der Waals surface area contributed by atoms with Crippen LogP contribution in [-0.4, -0.2) is 0 Å². The fourth-order valence-corrected chi connectivity index (χ4v) is 15.9. The number of hydrogen-bond acceptors (Lipinski definition) is 0. The van der Waals surface area contributed by atoms with Gasteiger partial charge in [0, 0.05) is 0 Å². The van der Waals surface area contributed by atoms with Crippen molar-refractivity contribution in [1.82, 2.24) is 0 Å². The van der Waals surface area contributed by atoms with E-state index in [9.17, 15) is 0 Å². The number of hydrogen-bond donors (Lipinski definition) is 0. The van der Waals surface area contributed by atoms with Crippen molar-refractivity contribution in [1.29, 1.82) is 0 Å². The summed E-state index contributed by atoms with van der Waals surface area (Å²) in [5.74, 6) is 14.4. The largest absolute Gasteiger partial charge is 0.0854 e. The fraction of sp³-hybridized carbons (Fsp3) is 0.848. The minimum absolute atomic E-state index is 0. The molecule has 12 rings (SSSR count). The van der Waals surface area contributed by atoms with Crippen molar-refractivity contribution >= 4 is 0 Å². The zero-order chi connectivity index (χ0) is 42.6. The Morgan fingerprint density at radius 3 is 1.38 bits per heavy atom. The Morgan fingerprint density at radius 2 is 0.758 bits per heavy atom. The van der Waals surface area contributed by atoms with Crippen LogP contribution in [0.15, 0.2) is 58.7 Å². The summed E-state index contributed by atoms with van der Waals surface area (Å²) < 4.78 is 0. The Labute approximate surface area is 417 Å². The normalized spacial score (nSPS) is 38.1. The SMILES string of the molecule is C.C.C.C.C.CC1=CC2CCC(C1)C2.CC1=CC2CCCC(C1)C2.CC1=CC2CCCC(CC1)C2.CC1=CCC2CCCC(C1)C2.CC1C=CC2CCCC(C1)C2.CC1CC2CCC(C1)C2. The average molecular weight is 914 g/mol. The van der Waals surface area contributed by atoms with Crippen LogP contribution in [0.2, 0.25) is 0 Å². The number of rotatable bonds is 0. The molecule has 7 saturated carbocycles. The molecule has 0 spiro atoms. The van der Waals surface area contributed by atoms with E-state index in [0.29, 0.717) is 0 Å². The molecule has 384 valence electrons. The molecule has 0 aromatic carbocycles. The van der Waals surface area contributed by atoms with Gasteiger partial charge in [0.05, 0.1) is 0 Å². The first-order valence-electron chi connectivity index (χ1n) is 27.9. The molecule has 66 heavy (non-hydrogen) atoms. The van der Waals surface area contributed by atoms with Crippen LogP contribution >= 0.6 is 0 Å². The van der Waals surface area contributed by atoms with Gasteiger partial charge in [-0.2, -0.15) is 0 Å². The van der Waals surface area contributed by atoms with Crippen LogP contribution in [0.5, 0.6) is 0 Å². The molecule has 0 heteroatoms.